The van der Waals surface area contributed by atoms with Gasteiger partial charge in [0.05, 0.1) is 0 Å². The molecule has 0 aromatic carbocycles. The Morgan fingerprint density at radius 1 is 0.667 bits per heavy atom. The molecule has 0 aromatic heterocycles. The molecule has 1 aliphatic rings. The summed E-state index contributed by atoms with van der Waals surface area (Å²) in [6, 6.07) is 0. The smallest absolute Gasteiger partial charge is 0.168 e. The molecular weight excluding hydrogens is 180 g/mol. The number of nitrogens with zero attached hydrogens (tertiary/aromatic N) is 2. The van der Waals surface area contributed by atoms with Gasteiger partial charge in [-0.1, -0.05) is 26.2 Å². The molecule has 0 amide bonds. The highest BCUT2D eigenvalue weighted by atomic mass is 28.3. The third-order valence-corrected chi connectivity index (χ3v) is 4.47. The van der Waals surface area contributed by atoms with Crippen LogP contribution in [0.25, 0.3) is 0 Å². The largest absolute Gasteiger partial charge is 0.379 e. The van der Waals surface area contributed by atoms with Gasteiger partial charge >= 0.3 is 0 Å². The van der Waals surface area contributed by atoms with Crippen LogP contribution in [0.4, 0.5) is 0 Å². The topological polar surface area (TPSA) is 6.48 Å². The summed E-state index contributed by atoms with van der Waals surface area (Å²) in [7, 11) is -0.679. The Balaban J connectivity index is 2.54. The number of hydrogen-bond donors (Lipinski definition) is 0. The zero-order valence-corrected chi connectivity index (χ0v) is 10.2. The Hall–Kier alpha value is -0.486. The number of rotatable bonds is 2. The van der Waals surface area contributed by atoms with Gasteiger partial charge in [0.15, 0.2) is 17.9 Å². The molecule has 1 heterocycles. The predicted octanol–water partition coefficient (Wildman–Crippen LogP) is 2.05. The standard InChI is InChI=1S/C8H16N2Si2/c1-11(2)9-5-7-10(8-6-9)12(3)4/h5-8H,1-4H3. The molecule has 1 rings (SSSR count). The first-order valence-corrected chi connectivity index (χ1v) is 9.04. The van der Waals surface area contributed by atoms with Crippen LogP contribution in [0.3, 0.4) is 0 Å². The van der Waals surface area contributed by atoms with Crippen LogP contribution in [0.15, 0.2) is 24.8 Å². The van der Waals surface area contributed by atoms with Crippen LogP contribution in [-0.2, 0) is 0 Å². The fourth-order valence-corrected chi connectivity index (χ4v) is 2.44. The van der Waals surface area contributed by atoms with Gasteiger partial charge in [-0.25, -0.2) is 0 Å². The lowest BCUT2D eigenvalue weighted by atomic mass is 10.7. The average molecular weight is 196 g/mol. The average Bonchev–Trinajstić information content (AvgIpc) is 2.04. The Morgan fingerprint density at radius 3 is 1.08 bits per heavy atom. The Morgan fingerprint density at radius 2 is 0.917 bits per heavy atom. The highest BCUT2D eigenvalue weighted by Crippen LogP contribution is 2.08. The van der Waals surface area contributed by atoms with Gasteiger partial charge in [-0.05, 0) is 0 Å². The molecule has 66 valence electrons. The maximum absolute atomic E-state index is 2.31. The van der Waals surface area contributed by atoms with Gasteiger partial charge in [-0.3, -0.25) is 0 Å². The van der Waals surface area contributed by atoms with E-state index < -0.39 is 0 Å². The summed E-state index contributed by atoms with van der Waals surface area (Å²) in [5.74, 6) is 0. The molecule has 0 saturated heterocycles. The molecule has 0 saturated carbocycles. The Kier molecular flexibility index (Phi) is 3.16. The van der Waals surface area contributed by atoms with Crippen molar-refractivity contribution in [3.05, 3.63) is 24.8 Å². The van der Waals surface area contributed by atoms with E-state index in [-0.39, 0.29) is 17.9 Å². The molecule has 2 radical (unpaired) electrons. The van der Waals surface area contributed by atoms with Crippen LogP contribution < -0.4 is 0 Å². The molecule has 0 spiro atoms. The van der Waals surface area contributed by atoms with Crippen LogP contribution in [0.2, 0.25) is 26.2 Å². The van der Waals surface area contributed by atoms with Crippen molar-refractivity contribution in [2.24, 2.45) is 0 Å². The monoisotopic (exact) mass is 196 g/mol. The molecule has 0 aliphatic carbocycles. The van der Waals surface area contributed by atoms with Crippen LogP contribution in [0.5, 0.6) is 0 Å². The van der Waals surface area contributed by atoms with E-state index in [1.54, 1.807) is 0 Å². The van der Waals surface area contributed by atoms with Crippen LogP contribution in [-0.4, -0.2) is 27.0 Å². The molecule has 0 bridgehead atoms. The van der Waals surface area contributed by atoms with Crippen molar-refractivity contribution < 1.29 is 0 Å². The molecule has 0 atom stereocenters. The third kappa shape index (κ3) is 2.25. The molecule has 0 fully saturated rings. The maximum atomic E-state index is 2.31. The minimum absolute atomic E-state index is 0.339. The van der Waals surface area contributed by atoms with Crippen LogP contribution in [0, 0.1) is 0 Å². The molecule has 0 N–H and O–H groups in total. The molecule has 1 aliphatic heterocycles. The van der Waals surface area contributed by atoms with Gasteiger partial charge in [0.25, 0.3) is 0 Å². The first-order valence-electron chi connectivity index (χ1n) is 4.15. The zero-order valence-electron chi connectivity index (χ0n) is 8.20. The number of hydrogen-bond acceptors (Lipinski definition) is 2. The van der Waals surface area contributed by atoms with E-state index in [1.807, 2.05) is 0 Å². The van der Waals surface area contributed by atoms with Crippen molar-refractivity contribution in [1.29, 1.82) is 0 Å². The first-order chi connectivity index (χ1) is 5.61. The fraction of sp³-hybridized carbons (Fsp3) is 0.500. The fourth-order valence-electron chi connectivity index (χ4n) is 0.983. The Bertz CT molecular complexity index is 165. The lowest BCUT2D eigenvalue weighted by Gasteiger charge is -2.28. The summed E-state index contributed by atoms with van der Waals surface area (Å²) < 4.78 is 4.62. The second kappa shape index (κ2) is 3.95. The van der Waals surface area contributed by atoms with Gasteiger partial charge in [0.1, 0.15) is 0 Å². The van der Waals surface area contributed by atoms with Crippen molar-refractivity contribution in [3.63, 3.8) is 0 Å². The van der Waals surface area contributed by atoms with Crippen molar-refractivity contribution >= 4 is 17.9 Å². The Labute approximate surface area is 78.5 Å². The zero-order chi connectivity index (χ0) is 9.14. The predicted molar refractivity (Wildman–Crippen MR) is 56.9 cm³/mol. The van der Waals surface area contributed by atoms with Gasteiger partial charge < -0.3 is 9.13 Å². The summed E-state index contributed by atoms with van der Waals surface area (Å²) >= 11 is 0. The van der Waals surface area contributed by atoms with E-state index in [9.17, 15) is 0 Å². The summed E-state index contributed by atoms with van der Waals surface area (Å²) in [4.78, 5) is 0. The summed E-state index contributed by atoms with van der Waals surface area (Å²) in [6.45, 7) is 9.16. The van der Waals surface area contributed by atoms with Crippen LogP contribution in [0.1, 0.15) is 0 Å². The van der Waals surface area contributed by atoms with E-state index in [1.165, 1.54) is 0 Å². The second-order valence-electron chi connectivity index (χ2n) is 3.31. The second-order valence-corrected chi connectivity index (χ2v) is 8.13. The minimum Gasteiger partial charge on any atom is -0.379 e. The molecule has 2 nitrogen and oxygen atoms in total. The quantitative estimate of drug-likeness (QED) is 0.624. The lowest BCUT2D eigenvalue weighted by Crippen LogP contribution is -2.32. The minimum atomic E-state index is -0.339. The van der Waals surface area contributed by atoms with Crippen molar-refractivity contribution in [1.82, 2.24) is 9.13 Å². The lowest BCUT2D eigenvalue weighted by molar-refractivity contribution is 0.663. The normalized spacial score (nSPS) is 16.8. The molecule has 4 heteroatoms. The SMILES string of the molecule is C[Si](C)N1C=CN([Si](C)C)C=C1. The summed E-state index contributed by atoms with van der Waals surface area (Å²) in [5.41, 5.74) is 0. The van der Waals surface area contributed by atoms with Gasteiger partial charge in [0, 0.05) is 24.8 Å². The highest BCUT2D eigenvalue weighted by molar-refractivity contribution is 6.54. The van der Waals surface area contributed by atoms with Gasteiger partial charge in [-0.2, -0.15) is 0 Å². The third-order valence-electron chi connectivity index (χ3n) is 1.81. The van der Waals surface area contributed by atoms with E-state index in [2.05, 4.69) is 60.1 Å². The molecule has 12 heavy (non-hydrogen) atoms. The molecule has 0 aromatic rings. The van der Waals surface area contributed by atoms with E-state index in [4.69, 9.17) is 0 Å². The van der Waals surface area contributed by atoms with E-state index in [0.717, 1.165) is 0 Å². The highest BCUT2D eigenvalue weighted by Gasteiger charge is 2.10. The molecule has 0 unspecified atom stereocenters. The van der Waals surface area contributed by atoms with Crippen molar-refractivity contribution in [2.45, 2.75) is 26.2 Å². The van der Waals surface area contributed by atoms with Gasteiger partial charge in [0.2, 0.25) is 0 Å². The summed E-state index contributed by atoms with van der Waals surface area (Å²) in [6.07, 6.45) is 8.75. The van der Waals surface area contributed by atoms with Crippen LogP contribution >= 0.6 is 0 Å². The van der Waals surface area contributed by atoms with Crippen molar-refractivity contribution in [3.8, 4) is 0 Å². The van der Waals surface area contributed by atoms with Gasteiger partial charge in [-0.15, -0.1) is 0 Å². The van der Waals surface area contributed by atoms with E-state index in [0.29, 0.717) is 0 Å². The maximum Gasteiger partial charge on any atom is 0.168 e. The molecular formula is C8H16N2Si2. The van der Waals surface area contributed by atoms with E-state index >= 15 is 0 Å². The summed E-state index contributed by atoms with van der Waals surface area (Å²) in [5, 5.41) is 0. The first kappa shape index (κ1) is 9.60. The van der Waals surface area contributed by atoms with Crippen molar-refractivity contribution in [2.75, 3.05) is 0 Å².